The quantitative estimate of drug-likeness (QED) is 0.597. The summed E-state index contributed by atoms with van der Waals surface area (Å²) in [4.78, 5) is 7.82. The normalized spacial score (nSPS) is 22.4. The van der Waals surface area contributed by atoms with Gasteiger partial charge in [0.2, 0.25) is 0 Å². The Morgan fingerprint density at radius 3 is 2.18 bits per heavy atom. The third-order valence-corrected chi connectivity index (χ3v) is 2.09. The van der Waals surface area contributed by atoms with Crippen LogP contribution in [0, 0.1) is 0 Å². The van der Waals surface area contributed by atoms with Gasteiger partial charge in [-0.25, -0.2) is 0 Å². The molecular formula is C8H18N2O. The van der Waals surface area contributed by atoms with Crippen molar-refractivity contribution in [3.05, 3.63) is 0 Å². The lowest BCUT2D eigenvalue weighted by Crippen LogP contribution is -2.45. The van der Waals surface area contributed by atoms with Crippen LogP contribution in [0.4, 0.5) is 0 Å². The molecule has 0 unspecified atom stereocenters. The van der Waals surface area contributed by atoms with Crippen LogP contribution in [0.1, 0.15) is 13.8 Å². The zero-order valence-electron chi connectivity index (χ0n) is 7.55. The van der Waals surface area contributed by atoms with Gasteiger partial charge in [0.1, 0.15) is 0 Å². The number of nitrogens with zero attached hydrogens (tertiary/aromatic N) is 2. The molecule has 0 aliphatic carbocycles. The molecule has 0 aromatic rings. The van der Waals surface area contributed by atoms with Gasteiger partial charge in [0.05, 0.1) is 6.61 Å². The molecule has 11 heavy (non-hydrogen) atoms. The lowest BCUT2D eigenvalue weighted by molar-refractivity contribution is -0.172. The topological polar surface area (TPSA) is 15.7 Å². The van der Waals surface area contributed by atoms with Gasteiger partial charge in [0, 0.05) is 26.2 Å². The van der Waals surface area contributed by atoms with E-state index in [1.54, 1.807) is 0 Å². The van der Waals surface area contributed by atoms with E-state index in [2.05, 4.69) is 16.9 Å². The second-order valence-electron chi connectivity index (χ2n) is 2.78. The molecule has 0 spiro atoms. The monoisotopic (exact) mass is 158 g/mol. The van der Waals surface area contributed by atoms with Crippen molar-refractivity contribution in [2.24, 2.45) is 0 Å². The van der Waals surface area contributed by atoms with Crippen molar-refractivity contribution in [2.45, 2.75) is 13.8 Å². The fourth-order valence-corrected chi connectivity index (χ4v) is 1.36. The molecule has 1 aliphatic rings. The van der Waals surface area contributed by atoms with E-state index in [0.29, 0.717) is 0 Å². The van der Waals surface area contributed by atoms with E-state index in [-0.39, 0.29) is 0 Å². The minimum atomic E-state index is 0.798. The summed E-state index contributed by atoms with van der Waals surface area (Å²) in [5.41, 5.74) is 0. The molecule has 0 radical (unpaired) electrons. The lowest BCUT2D eigenvalue weighted by atomic mass is 10.4. The SMILES string of the molecule is CCON1CCN(CC)CC1. The van der Waals surface area contributed by atoms with Gasteiger partial charge in [-0.05, 0) is 13.5 Å². The predicted octanol–water partition coefficient (Wildman–Crippen LogP) is 0.575. The summed E-state index contributed by atoms with van der Waals surface area (Å²) < 4.78 is 0. The van der Waals surface area contributed by atoms with Crippen molar-refractivity contribution in [3.8, 4) is 0 Å². The minimum Gasteiger partial charge on any atom is -0.301 e. The standard InChI is InChI=1S/C8H18N2O/c1-3-9-5-7-10(8-6-9)11-4-2/h3-8H2,1-2H3. The van der Waals surface area contributed by atoms with Crippen LogP contribution in [0.15, 0.2) is 0 Å². The fourth-order valence-electron chi connectivity index (χ4n) is 1.36. The van der Waals surface area contributed by atoms with Gasteiger partial charge in [-0.2, -0.15) is 5.06 Å². The third kappa shape index (κ3) is 2.77. The highest BCUT2D eigenvalue weighted by atomic mass is 16.7. The number of likely N-dealkylation sites (N-methyl/N-ethyl adjacent to an activating group) is 1. The maximum absolute atomic E-state index is 5.38. The Labute approximate surface area is 68.9 Å². The van der Waals surface area contributed by atoms with E-state index in [1.165, 1.54) is 6.54 Å². The molecule has 1 rings (SSSR count). The smallest absolute Gasteiger partial charge is 0.0656 e. The lowest BCUT2D eigenvalue weighted by Gasteiger charge is -2.32. The van der Waals surface area contributed by atoms with Crippen molar-refractivity contribution in [3.63, 3.8) is 0 Å². The summed E-state index contributed by atoms with van der Waals surface area (Å²) in [6.45, 7) is 10.6. The highest BCUT2D eigenvalue weighted by Crippen LogP contribution is 2.00. The van der Waals surface area contributed by atoms with Gasteiger partial charge in [0.25, 0.3) is 0 Å². The average molecular weight is 158 g/mol. The molecule has 1 fully saturated rings. The van der Waals surface area contributed by atoms with Gasteiger partial charge in [0.15, 0.2) is 0 Å². The fraction of sp³-hybridized carbons (Fsp3) is 1.00. The minimum absolute atomic E-state index is 0.798. The zero-order valence-corrected chi connectivity index (χ0v) is 7.55. The van der Waals surface area contributed by atoms with Crippen LogP contribution in [-0.2, 0) is 4.84 Å². The molecule has 66 valence electrons. The first-order chi connectivity index (χ1) is 5.36. The Bertz CT molecular complexity index is 100. The van der Waals surface area contributed by atoms with E-state index >= 15 is 0 Å². The van der Waals surface area contributed by atoms with Crippen molar-refractivity contribution in [1.29, 1.82) is 0 Å². The molecule has 0 N–H and O–H groups in total. The van der Waals surface area contributed by atoms with Gasteiger partial charge in [-0.3, -0.25) is 4.84 Å². The van der Waals surface area contributed by atoms with Crippen molar-refractivity contribution < 1.29 is 4.84 Å². The Kier molecular flexibility index (Phi) is 3.83. The molecule has 0 atom stereocenters. The Hall–Kier alpha value is -0.120. The first-order valence-corrected chi connectivity index (χ1v) is 4.47. The van der Waals surface area contributed by atoms with Crippen molar-refractivity contribution in [2.75, 3.05) is 39.3 Å². The largest absolute Gasteiger partial charge is 0.301 e. The highest BCUT2D eigenvalue weighted by Gasteiger charge is 2.14. The molecular weight excluding hydrogens is 140 g/mol. The van der Waals surface area contributed by atoms with Crippen LogP contribution < -0.4 is 0 Å². The molecule has 0 amide bonds. The van der Waals surface area contributed by atoms with E-state index in [9.17, 15) is 0 Å². The summed E-state index contributed by atoms with van der Waals surface area (Å²) in [6, 6.07) is 0. The van der Waals surface area contributed by atoms with Gasteiger partial charge < -0.3 is 4.90 Å². The third-order valence-electron chi connectivity index (χ3n) is 2.09. The number of hydroxylamine groups is 2. The summed E-state index contributed by atoms with van der Waals surface area (Å²) in [7, 11) is 0. The van der Waals surface area contributed by atoms with Crippen LogP contribution in [0.2, 0.25) is 0 Å². The number of rotatable bonds is 3. The van der Waals surface area contributed by atoms with Crippen LogP contribution in [-0.4, -0.2) is 49.3 Å². The summed E-state index contributed by atoms with van der Waals surface area (Å²) >= 11 is 0. The maximum Gasteiger partial charge on any atom is 0.0656 e. The van der Waals surface area contributed by atoms with Crippen LogP contribution in [0.3, 0.4) is 0 Å². The molecule has 3 nitrogen and oxygen atoms in total. The Balaban J connectivity index is 2.14. The van der Waals surface area contributed by atoms with Crippen LogP contribution in [0.5, 0.6) is 0 Å². The number of hydrogen-bond acceptors (Lipinski definition) is 3. The summed E-state index contributed by atoms with van der Waals surface area (Å²) in [5, 5.41) is 2.06. The van der Waals surface area contributed by atoms with Crippen LogP contribution >= 0.6 is 0 Å². The zero-order chi connectivity index (χ0) is 8.10. The number of hydrogen-bond donors (Lipinski definition) is 0. The van der Waals surface area contributed by atoms with E-state index in [1.807, 2.05) is 6.92 Å². The number of piperazine rings is 1. The van der Waals surface area contributed by atoms with E-state index in [0.717, 1.165) is 32.8 Å². The summed E-state index contributed by atoms with van der Waals surface area (Å²) in [6.07, 6.45) is 0. The maximum atomic E-state index is 5.38. The first kappa shape index (κ1) is 8.97. The second kappa shape index (κ2) is 4.70. The first-order valence-electron chi connectivity index (χ1n) is 4.47. The predicted molar refractivity (Wildman–Crippen MR) is 45.3 cm³/mol. The molecule has 1 heterocycles. The molecule has 1 aliphatic heterocycles. The molecule has 1 saturated heterocycles. The highest BCUT2D eigenvalue weighted by molar-refractivity contribution is 4.65. The van der Waals surface area contributed by atoms with Crippen molar-refractivity contribution >= 4 is 0 Å². The molecule has 3 heteroatoms. The average Bonchev–Trinajstić information content (AvgIpc) is 2.07. The Morgan fingerprint density at radius 1 is 1.09 bits per heavy atom. The van der Waals surface area contributed by atoms with Crippen LogP contribution in [0.25, 0.3) is 0 Å². The molecule has 0 saturated carbocycles. The van der Waals surface area contributed by atoms with Gasteiger partial charge >= 0.3 is 0 Å². The Morgan fingerprint density at radius 2 is 1.73 bits per heavy atom. The summed E-state index contributed by atoms with van der Waals surface area (Å²) in [5.74, 6) is 0. The van der Waals surface area contributed by atoms with E-state index in [4.69, 9.17) is 4.84 Å². The second-order valence-corrected chi connectivity index (χ2v) is 2.78. The van der Waals surface area contributed by atoms with Crippen molar-refractivity contribution in [1.82, 2.24) is 9.96 Å². The molecule has 0 bridgehead atoms. The molecule has 0 aromatic carbocycles. The van der Waals surface area contributed by atoms with Gasteiger partial charge in [-0.1, -0.05) is 6.92 Å². The van der Waals surface area contributed by atoms with Gasteiger partial charge in [-0.15, -0.1) is 0 Å². The van der Waals surface area contributed by atoms with E-state index < -0.39 is 0 Å². The molecule has 0 aromatic heterocycles.